The molecule has 82 valence electrons. The number of hydrogen-bond acceptors (Lipinski definition) is 3. The van der Waals surface area contributed by atoms with Crippen molar-refractivity contribution in [3.63, 3.8) is 0 Å². The highest BCUT2D eigenvalue weighted by molar-refractivity contribution is 5.69. The Morgan fingerprint density at radius 3 is 3.13 bits per heavy atom. The summed E-state index contributed by atoms with van der Waals surface area (Å²) >= 11 is 0. The van der Waals surface area contributed by atoms with Crippen LogP contribution in [0.1, 0.15) is 29.6 Å². The average Bonchev–Trinajstić information content (AvgIpc) is 2.75. The molecule has 0 aliphatic carbocycles. The minimum Gasteiger partial charge on any atom is -0.481 e. The van der Waals surface area contributed by atoms with Gasteiger partial charge < -0.3 is 14.8 Å². The topological polar surface area (TPSA) is 75.2 Å². The number of imidazole rings is 1. The van der Waals surface area contributed by atoms with Gasteiger partial charge in [0.15, 0.2) is 0 Å². The van der Waals surface area contributed by atoms with E-state index < -0.39 is 5.97 Å². The molecule has 1 atom stereocenters. The van der Waals surface area contributed by atoms with E-state index in [9.17, 15) is 4.79 Å². The second-order valence-corrected chi connectivity index (χ2v) is 3.82. The number of rotatable bonds is 3. The van der Waals surface area contributed by atoms with Crippen molar-refractivity contribution < 1.29 is 14.6 Å². The molecule has 2 N–H and O–H groups in total. The third-order valence-corrected chi connectivity index (χ3v) is 2.64. The molecule has 1 fully saturated rings. The van der Waals surface area contributed by atoms with Gasteiger partial charge in [-0.2, -0.15) is 0 Å². The van der Waals surface area contributed by atoms with Crippen molar-refractivity contribution in [1.82, 2.24) is 9.97 Å². The van der Waals surface area contributed by atoms with Crippen molar-refractivity contribution in [2.24, 2.45) is 0 Å². The molecule has 0 amide bonds. The van der Waals surface area contributed by atoms with Crippen LogP contribution >= 0.6 is 0 Å². The quantitative estimate of drug-likeness (QED) is 0.775. The summed E-state index contributed by atoms with van der Waals surface area (Å²) in [6.07, 6.45) is 0.940. The normalized spacial score (nSPS) is 20.7. The molecule has 5 heteroatoms. The zero-order valence-electron chi connectivity index (χ0n) is 8.62. The van der Waals surface area contributed by atoms with E-state index in [0.29, 0.717) is 18.2 Å². The fourth-order valence-corrected chi connectivity index (χ4v) is 1.78. The molecule has 0 bridgehead atoms. The van der Waals surface area contributed by atoms with E-state index in [0.717, 1.165) is 24.5 Å². The maximum Gasteiger partial charge on any atom is 0.309 e. The van der Waals surface area contributed by atoms with Gasteiger partial charge >= 0.3 is 5.97 Å². The molecule has 15 heavy (non-hydrogen) atoms. The van der Waals surface area contributed by atoms with E-state index in [1.54, 1.807) is 0 Å². The Labute approximate surface area is 87.5 Å². The Morgan fingerprint density at radius 2 is 2.53 bits per heavy atom. The minimum atomic E-state index is -0.848. The SMILES string of the molecule is Cc1[nH]c(C2CCOC2)nc1CC(=O)O. The van der Waals surface area contributed by atoms with Crippen molar-refractivity contribution in [3.05, 3.63) is 17.2 Å². The van der Waals surface area contributed by atoms with Crippen LogP contribution in [0.2, 0.25) is 0 Å². The van der Waals surface area contributed by atoms with Crippen LogP contribution in [0.25, 0.3) is 0 Å². The average molecular weight is 210 g/mol. The predicted molar refractivity (Wildman–Crippen MR) is 52.8 cm³/mol. The van der Waals surface area contributed by atoms with Crippen molar-refractivity contribution in [2.45, 2.75) is 25.7 Å². The fraction of sp³-hybridized carbons (Fsp3) is 0.600. The maximum absolute atomic E-state index is 10.6. The van der Waals surface area contributed by atoms with Crippen LogP contribution < -0.4 is 0 Å². The van der Waals surface area contributed by atoms with Crippen molar-refractivity contribution in [2.75, 3.05) is 13.2 Å². The lowest BCUT2D eigenvalue weighted by molar-refractivity contribution is -0.136. The second-order valence-electron chi connectivity index (χ2n) is 3.82. The first kappa shape index (κ1) is 10.2. The number of aryl methyl sites for hydroxylation is 1. The Balaban J connectivity index is 2.16. The molecule has 1 unspecified atom stereocenters. The molecule has 5 nitrogen and oxygen atoms in total. The summed E-state index contributed by atoms with van der Waals surface area (Å²) in [7, 11) is 0. The Morgan fingerprint density at radius 1 is 1.73 bits per heavy atom. The molecule has 2 heterocycles. The van der Waals surface area contributed by atoms with Gasteiger partial charge in [0.2, 0.25) is 0 Å². The van der Waals surface area contributed by atoms with Crippen LogP contribution in [0, 0.1) is 6.92 Å². The smallest absolute Gasteiger partial charge is 0.309 e. The number of hydrogen-bond donors (Lipinski definition) is 2. The van der Waals surface area contributed by atoms with Crippen LogP contribution in [0.3, 0.4) is 0 Å². The van der Waals surface area contributed by atoms with Gasteiger partial charge in [0, 0.05) is 18.2 Å². The van der Waals surface area contributed by atoms with Crippen molar-refractivity contribution in [1.29, 1.82) is 0 Å². The number of ether oxygens (including phenoxy) is 1. The van der Waals surface area contributed by atoms with E-state index in [2.05, 4.69) is 9.97 Å². The number of aliphatic carboxylic acids is 1. The highest BCUT2D eigenvalue weighted by atomic mass is 16.5. The molecule has 1 aromatic rings. The van der Waals surface area contributed by atoms with Gasteiger partial charge in [0.1, 0.15) is 5.82 Å². The molecular weight excluding hydrogens is 196 g/mol. The maximum atomic E-state index is 10.6. The number of nitrogens with zero attached hydrogens (tertiary/aromatic N) is 1. The first-order valence-electron chi connectivity index (χ1n) is 5.01. The highest BCUT2D eigenvalue weighted by Crippen LogP contribution is 2.23. The summed E-state index contributed by atoms with van der Waals surface area (Å²) in [6, 6.07) is 0. The molecule has 0 saturated carbocycles. The van der Waals surface area contributed by atoms with Crippen LogP contribution in [0.5, 0.6) is 0 Å². The number of H-pyrrole nitrogens is 1. The third-order valence-electron chi connectivity index (χ3n) is 2.64. The van der Waals surface area contributed by atoms with E-state index in [-0.39, 0.29) is 6.42 Å². The summed E-state index contributed by atoms with van der Waals surface area (Å²) in [4.78, 5) is 18.0. The highest BCUT2D eigenvalue weighted by Gasteiger charge is 2.22. The molecule has 0 aromatic carbocycles. The van der Waals surface area contributed by atoms with Gasteiger partial charge in [0.25, 0.3) is 0 Å². The third kappa shape index (κ3) is 2.18. The van der Waals surface area contributed by atoms with Crippen LogP contribution in [0.4, 0.5) is 0 Å². The molecule has 1 aliphatic rings. The van der Waals surface area contributed by atoms with E-state index in [1.165, 1.54) is 0 Å². The van der Waals surface area contributed by atoms with Gasteiger partial charge in [-0.15, -0.1) is 0 Å². The predicted octanol–water partition coefficient (Wildman–Crippen LogP) is 0.849. The molecule has 1 aromatic heterocycles. The number of nitrogens with one attached hydrogen (secondary N) is 1. The van der Waals surface area contributed by atoms with Crippen LogP contribution in [0.15, 0.2) is 0 Å². The Kier molecular flexibility index (Phi) is 2.73. The minimum absolute atomic E-state index is 0.0179. The molecular formula is C10H14N2O3. The molecule has 1 saturated heterocycles. The second kappa shape index (κ2) is 4.02. The summed E-state index contributed by atoms with van der Waals surface area (Å²) in [5, 5.41) is 8.69. The Bertz CT molecular complexity index is 367. The monoisotopic (exact) mass is 210 g/mol. The standard InChI is InChI=1S/C10H14N2O3/c1-6-8(4-9(13)14)12-10(11-6)7-2-3-15-5-7/h7H,2-5H2,1H3,(H,11,12)(H,13,14). The summed E-state index contributed by atoms with van der Waals surface area (Å²) in [5.74, 6) is 0.311. The molecule has 2 rings (SSSR count). The van der Waals surface area contributed by atoms with Gasteiger partial charge in [-0.25, -0.2) is 4.98 Å². The van der Waals surface area contributed by atoms with Crippen molar-refractivity contribution in [3.8, 4) is 0 Å². The molecule has 1 aliphatic heterocycles. The van der Waals surface area contributed by atoms with Crippen LogP contribution in [-0.4, -0.2) is 34.3 Å². The van der Waals surface area contributed by atoms with E-state index in [1.807, 2.05) is 6.92 Å². The lowest BCUT2D eigenvalue weighted by atomic mass is 10.1. The number of carbonyl (C=O) groups is 1. The lowest BCUT2D eigenvalue weighted by Gasteiger charge is -2.01. The largest absolute Gasteiger partial charge is 0.481 e. The van der Waals surface area contributed by atoms with Gasteiger partial charge in [0.05, 0.1) is 18.7 Å². The van der Waals surface area contributed by atoms with Crippen LogP contribution in [-0.2, 0) is 16.0 Å². The number of aromatic amines is 1. The summed E-state index contributed by atoms with van der Waals surface area (Å²) in [6.45, 7) is 3.29. The fourth-order valence-electron chi connectivity index (χ4n) is 1.78. The summed E-state index contributed by atoms with van der Waals surface area (Å²) < 4.78 is 5.27. The molecule has 0 spiro atoms. The first-order valence-corrected chi connectivity index (χ1v) is 5.01. The van der Waals surface area contributed by atoms with Gasteiger partial charge in [-0.05, 0) is 13.3 Å². The van der Waals surface area contributed by atoms with Gasteiger partial charge in [-0.3, -0.25) is 4.79 Å². The number of aromatic nitrogens is 2. The first-order chi connectivity index (χ1) is 7.16. The van der Waals surface area contributed by atoms with E-state index >= 15 is 0 Å². The lowest BCUT2D eigenvalue weighted by Crippen LogP contribution is -2.03. The van der Waals surface area contributed by atoms with Crippen molar-refractivity contribution >= 4 is 5.97 Å². The number of carboxylic acids is 1. The van der Waals surface area contributed by atoms with E-state index in [4.69, 9.17) is 9.84 Å². The molecule has 0 radical (unpaired) electrons. The number of carboxylic acid groups (broad SMARTS) is 1. The Hall–Kier alpha value is -1.36. The zero-order chi connectivity index (χ0) is 10.8. The zero-order valence-corrected chi connectivity index (χ0v) is 8.62. The summed E-state index contributed by atoms with van der Waals surface area (Å²) in [5.41, 5.74) is 1.48. The van der Waals surface area contributed by atoms with Gasteiger partial charge in [-0.1, -0.05) is 0 Å².